The van der Waals surface area contributed by atoms with Crippen LogP contribution in [0.3, 0.4) is 0 Å². The van der Waals surface area contributed by atoms with Crippen molar-refractivity contribution in [2.45, 2.75) is 6.92 Å². The fourth-order valence-corrected chi connectivity index (χ4v) is 2.10. The maximum atomic E-state index is 11.7. The highest BCUT2D eigenvalue weighted by Gasteiger charge is 2.11. The van der Waals surface area contributed by atoms with Gasteiger partial charge in [-0.1, -0.05) is 6.92 Å². The third-order valence-corrected chi connectivity index (χ3v) is 4.29. The van der Waals surface area contributed by atoms with E-state index in [0.717, 1.165) is 0 Å². The highest BCUT2D eigenvalue weighted by molar-refractivity contribution is 7.91. The SMILES string of the molecule is CCS(=O)(=O)CCNC(=O)c1ccc(OC)c(O)c1. The lowest BCUT2D eigenvalue weighted by Gasteiger charge is -2.07. The number of ether oxygens (including phenoxy) is 1. The molecule has 1 aromatic carbocycles. The van der Waals surface area contributed by atoms with E-state index in [0.29, 0.717) is 0 Å². The van der Waals surface area contributed by atoms with Crippen LogP contribution in [0.5, 0.6) is 11.5 Å². The van der Waals surface area contributed by atoms with Gasteiger partial charge in [0.2, 0.25) is 0 Å². The molecule has 1 rings (SSSR count). The van der Waals surface area contributed by atoms with Gasteiger partial charge in [-0.15, -0.1) is 0 Å². The van der Waals surface area contributed by atoms with Crippen LogP contribution in [0, 0.1) is 0 Å². The summed E-state index contributed by atoms with van der Waals surface area (Å²) in [5.74, 6) is -0.366. The number of carbonyl (C=O) groups is 1. The molecule has 6 nitrogen and oxygen atoms in total. The maximum absolute atomic E-state index is 11.7. The van der Waals surface area contributed by atoms with Crippen molar-refractivity contribution in [3.63, 3.8) is 0 Å². The van der Waals surface area contributed by atoms with Crippen LogP contribution in [-0.4, -0.2) is 44.6 Å². The normalized spacial score (nSPS) is 11.1. The molecule has 0 radical (unpaired) electrons. The van der Waals surface area contributed by atoms with E-state index in [1.54, 1.807) is 6.92 Å². The van der Waals surface area contributed by atoms with E-state index in [1.807, 2.05) is 0 Å². The molecule has 19 heavy (non-hydrogen) atoms. The van der Waals surface area contributed by atoms with E-state index in [-0.39, 0.29) is 35.1 Å². The Hall–Kier alpha value is -1.76. The van der Waals surface area contributed by atoms with Gasteiger partial charge in [0.25, 0.3) is 5.91 Å². The van der Waals surface area contributed by atoms with Gasteiger partial charge in [0.05, 0.1) is 12.9 Å². The Bertz CT molecular complexity index is 553. The third kappa shape index (κ3) is 4.44. The zero-order valence-electron chi connectivity index (χ0n) is 10.8. The minimum Gasteiger partial charge on any atom is -0.504 e. The molecule has 0 unspecified atom stereocenters. The van der Waals surface area contributed by atoms with Crippen molar-refractivity contribution in [1.82, 2.24) is 5.32 Å². The van der Waals surface area contributed by atoms with Crippen LogP contribution in [0.1, 0.15) is 17.3 Å². The summed E-state index contributed by atoms with van der Waals surface area (Å²) in [4.78, 5) is 11.7. The molecule has 0 bridgehead atoms. The number of aromatic hydroxyl groups is 1. The third-order valence-electron chi connectivity index (χ3n) is 2.58. The first-order valence-electron chi connectivity index (χ1n) is 5.75. The Morgan fingerprint density at radius 1 is 1.42 bits per heavy atom. The summed E-state index contributed by atoms with van der Waals surface area (Å²) in [7, 11) is -1.69. The first-order chi connectivity index (χ1) is 8.89. The van der Waals surface area contributed by atoms with Crippen molar-refractivity contribution >= 4 is 15.7 Å². The second-order valence-electron chi connectivity index (χ2n) is 3.88. The predicted molar refractivity (Wildman–Crippen MR) is 71.3 cm³/mol. The lowest BCUT2D eigenvalue weighted by molar-refractivity contribution is 0.0955. The quantitative estimate of drug-likeness (QED) is 0.797. The monoisotopic (exact) mass is 287 g/mol. The van der Waals surface area contributed by atoms with Crippen LogP contribution in [0.2, 0.25) is 0 Å². The van der Waals surface area contributed by atoms with Gasteiger partial charge in [-0.3, -0.25) is 4.79 Å². The number of rotatable bonds is 6. The van der Waals surface area contributed by atoms with Crippen LogP contribution >= 0.6 is 0 Å². The molecule has 1 aromatic rings. The second-order valence-corrected chi connectivity index (χ2v) is 6.35. The largest absolute Gasteiger partial charge is 0.504 e. The van der Waals surface area contributed by atoms with Crippen molar-refractivity contribution in [3.05, 3.63) is 23.8 Å². The Balaban J connectivity index is 2.62. The van der Waals surface area contributed by atoms with Gasteiger partial charge in [-0.05, 0) is 18.2 Å². The molecule has 0 atom stereocenters. The van der Waals surface area contributed by atoms with Gasteiger partial charge in [0, 0.05) is 17.9 Å². The van der Waals surface area contributed by atoms with Gasteiger partial charge in [0.15, 0.2) is 21.3 Å². The van der Waals surface area contributed by atoms with Crippen LogP contribution < -0.4 is 10.1 Å². The number of hydrogen-bond donors (Lipinski definition) is 2. The topological polar surface area (TPSA) is 92.7 Å². The van der Waals surface area contributed by atoms with E-state index in [2.05, 4.69) is 5.32 Å². The molecule has 0 saturated heterocycles. The fraction of sp³-hybridized carbons (Fsp3) is 0.417. The zero-order chi connectivity index (χ0) is 14.5. The molecule has 0 fully saturated rings. The molecule has 0 saturated carbocycles. The molecule has 0 aliphatic rings. The molecule has 0 aliphatic carbocycles. The lowest BCUT2D eigenvalue weighted by atomic mass is 10.2. The Morgan fingerprint density at radius 3 is 2.63 bits per heavy atom. The summed E-state index contributed by atoms with van der Waals surface area (Å²) in [6.45, 7) is 1.60. The van der Waals surface area contributed by atoms with E-state index in [9.17, 15) is 18.3 Å². The number of methoxy groups -OCH3 is 1. The summed E-state index contributed by atoms with van der Waals surface area (Å²) in [5.41, 5.74) is 0.243. The predicted octanol–water partition coefficient (Wildman–Crippen LogP) is 0.565. The molecule has 0 aliphatic heterocycles. The van der Waals surface area contributed by atoms with Crippen molar-refractivity contribution < 1.29 is 23.1 Å². The smallest absolute Gasteiger partial charge is 0.251 e. The maximum Gasteiger partial charge on any atom is 0.251 e. The Labute approximate surface area is 112 Å². The van der Waals surface area contributed by atoms with Gasteiger partial charge in [-0.25, -0.2) is 8.42 Å². The number of amides is 1. The molecular weight excluding hydrogens is 270 g/mol. The summed E-state index contributed by atoms with van der Waals surface area (Å²) in [5, 5.41) is 12.0. The number of hydrogen-bond acceptors (Lipinski definition) is 5. The number of benzene rings is 1. The van der Waals surface area contributed by atoms with Gasteiger partial charge < -0.3 is 15.2 Å². The molecule has 0 spiro atoms. The van der Waals surface area contributed by atoms with E-state index >= 15 is 0 Å². The Kier molecular flexibility index (Phi) is 5.17. The van der Waals surface area contributed by atoms with Crippen molar-refractivity contribution in [1.29, 1.82) is 0 Å². The highest BCUT2D eigenvalue weighted by atomic mass is 32.2. The number of phenols is 1. The number of nitrogens with one attached hydrogen (secondary N) is 1. The minimum atomic E-state index is -3.10. The van der Waals surface area contributed by atoms with E-state index in [4.69, 9.17) is 4.74 Å². The van der Waals surface area contributed by atoms with Crippen LogP contribution in [0.25, 0.3) is 0 Å². The van der Waals surface area contributed by atoms with Crippen LogP contribution in [0.15, 0.2) is 18.2 Å². The molecule has 7 heteroatoms. The molecule has 0 aromatic heterocycles. The molecule has 0 heterocycles. The number of sulfone groups is 1. The van der Waals surface area contributed by atoms with Crippen molar-refractivity contribution in [3.8, 4) is 11.5 Å². The zero-order valence-corrected chi connectivity index (χ0v) is 11.7. The number of phenolic OH excluding ortho intramolecular Hbond substituents is 1. The van der Waals surface area contributed by atoms with Crippen molar-refractivity contribution in [2.75, 3.05) is 25.2 Å². The van der Waals surface area contributed by atoms with Crippen molar-refractivity contribution in [2.24, 2.45) is 0 Å². The molecule has 106 valence electrons. The molecule has 2 N–H and O–H groups in total. The highest BCUT2D eigenvalue weighted by Crippen LogP contribution is 2.25. The summed E-state index contributed by atoms with van der Waals surface area (Å²) in [6.07, 6.45) is 0. The average Bonchev–Trinajstić information content (AvgIpc) is 2.38. The van der Waals surface area contributed by atoms with Gasteiger partial charge >= 0.3 is 0 Å². The molecule has 1 amide bonds. The van der Waals surface area contributed by atoms with Crippen LogP contribution in [0.4, 0.5) is 0 Å². The first-order valence-corrected chi connectivity index (χ1v) is 7.57. The van der Waals surface area contributed by atoms with Gasteiger partial charge in [-0.2, -0.15) is 0 Å². The minimum absolute atomic E-state index is 0.0435. The fourth-order valence-electron chi connectivity index (χ4n) is 1.40. The molecular formula is C12H17NO5S. The lowest BCUT2D eigenvalue weighted by Crippen LogP contribution is -2.29. The number of carbonyl (C=O) groups excluding carboxylic acids is 1. The summed E-state index contributed by atoms with van der Waals surface area (Å²) in [6, 6.07) is 4.22. The standard InChI is InChI=1S/C12H17NO5S/c1-3-19(16,17)7-6-13-12(15)9-4-5-11(18-2)10(14)8-9/h4-5,8,14H,3,6-7H2,1-2H3,(H,13,15). The summed E-state index contributed by atoms with van der Waals surface area (Å²) < 4.78 is 27.4. The first kappa shape index (κ1) is 15.3. The second kappa shape index (κ2) is 6.42. The average molecular weight is 287 g/mol. The van der Waals surface area contributed by atoms with Crippen LogP contribution in [-0.2, 0) is 9.84 Å². The van der Waals surface area contributed by atoms with E-state index < -0.39 is 15.7 Å². The van der Waals surface area contributed by atoms with Gasteiger partial charge in [0.1, 0.15) is 0 Å². The summed E-state index contributed by atoms with van der Waals surface area (Å²) >= 11 is 0. The van der Waals surface area contributed by atoms with E-state index in [1.165, 1.54) is 25.3 Å². The Morgan fingerprint density at radius 2 is 2.11 bits per heavy atom.